The number of ether oxygens (including phenoxy) is 4. The quantitative estimate of drug-likeness (QED) is 0.142. The summed E-state index contributed by atoms with van der Waals surface area (Å²) < 4.78 is 37.7. The van der Waals surface area contributed by atoms with E-state index in [-0.39, 0.29) is 16.3 Å². The molecule has 1 aliphatic rings. The highest BCUT2D eigenvalue weighted by molar-refractivity contribution is 6.30. The number of aromatic nitrogens is 3. The lowest BCUT2D eigenvalue weighted by Gasteiger charge is -2.26. The number of benzene rings is 3. The number of hydrogen-bond acceptors (Lipinski definition) is 10. The smallest absolute Gasteiger partial charge is 0.335 e. The molecule has 48 heavy (non-hydrogen) atoms. The first-order chi connectivity index (χ1) is 23.3. The predicted octanol–water partition coefficient (Wildman–Crippen LogP) is 5.22. The Labute approximate surface area is 278 Å². The molecular formula is C34H31ClFN5O7. The summed E-state index contributed by atoms with van der Waals surface area (Å²) in [7, 11) is 1.58. The van der Waals surface area contributed by atoms with Crippen LogP contribution in [0.5, 0.6) is 28.9 Å². The van der Waals surface area contributed by atoms with Crippen LogP contribution in [0.1, 0.15) is 12.0 Å². The van der Waals surface area contributed by atoms with E-state index in [9.17, 15) is 19.1 Å². The van der Waals surface area contributed by atoms with Gasteiger partial charge in [-0.1, -0.05) is 11.6 Å². The largest absolute Gasteiger partial charge is 0.493 e. The van der Waals surface area contributed by atoms with Crippen LogP contribution in [0.15, 0.2) is 81.4 Å². The number of rotatable bonds is 11. The topological polar surface area (TPSA) is 140 Å². The summed E-state index contributed by atoms with van der Waals surface area (Å²) in [6.45, 7) is 4.85. The third kappa shape index (κ3) is 7.33. The highest BCUT2D eigenvalue weighted by atomic mass is 35.5. The van der Waals surface area contributed by atoms with Crippen molar-refractivity contribution in [2.45, 2.75) is 6.42 Å². The zero-order valence-electron chi connectivity index (χ0n) is 25.8. The van der Waals surface area contributed by atoms with Crippen molar-refractivity contribution in [3.05, 3.63) is 104 Å². The monoisotopic (exact) mass is 675 g/mol. The molecule has 0 spiro atoms. The molecule has 0 bridgehead atoms. The molecule has 1 aliphatic heterocycles. The number of aromatic amines is 1. The van der Waals surface area contributed by atoms with E-state index in [1.165, 1.54) is 6.07 Å². The Morgan fingerprint density at radius 1 is 1.06 bits per heavy atom. The maximum atomic E-state index is 13.6. The summed E-state index contributed by atoms with van der Waals surface area (Å²) >= 11 is 5.84. The molecule has 5 aromatic rings. The van der Waals surface area contributed by atoms with Gasteiger partial charge in [0.1, 0.15) is 22.9 Å². The third-order valence-electron chi connectivity index (χ3n) is 7.66. The number of hydrogen-bond donors (Lipinski definition) is 2. The Morgan fingerprint density at radius 2 is 1.85 bits per heavy atom. The molecule has 0 amide bonds. The number of aromatic hydroxyl groups is 1. The van der Waals surface area contributed by atoms with Gasteiger partial charge in [0.25, 0.3) is 5.56 Å². The van der Waals surface area contributed by atoms with Crippen molar-refractivity contribution in [2.24, 2.45) is 4.99 Å². The van der Waals surface area contributed by atoms with Crippen molar-refractivity contribution in [1.82, 2.24) is 19.4 Å². The molecule has 14 heteroatoms. The van der Waals surface area contributed by atoms with Crippen molar-refractivity contribution in [1.29, 1.82) is 0 Å². The SMILES string of the molecule is COc1cc2c(Oc3ccc(N=Cc4c(O)n(-c5ccc(F)c(Cl)c5)c(=O)[nH]c4=O)cc3)ccnc2cc1OCCCN1CCOCC1. The molecule has 0 atom stereocenters. The molecular weight excluding hydrogens is 645 g/mol. The van der Waals surface area contributed by atoms with Crippen molar-refractivity contribution in [3.63, 3.8) is 0 Å². The number of aliphatic imine (C=N–C) groups is 1. The van der Waals surface area contributed by atoms with Crippen LogP contribution in [0.25, 0.3) is 16.6 Å². The van der Waals surface area contributed by atoms with Crippen LogP contribution in [-0.4, -0.2) is 77.3 Å². The summed E-state index contributed by atoms with van der Waals surface area (Å²) in [6.07, 6.45) is 3.64. The van der Waals surface area contributed by atoms with Gasteiger partial charge in [-0.25, -0.2) is 13.8 Å². The van der Waals surface area contributed by atoms with Crippen LogP contribution in [0.3, 0.4) is 0 Å². The van der Waals surface area contributed by atoms with E-state index in [1.807, 2.05) is 12.1 Å². The molecule has 2 N–H and O–H groups in total. The number of nitrogens with zero attached hydrogens (tertiary/aromatic N) is 4. The maximum Gasteiger partial charge on any atom is 0.335 e. The summed E-state index contributed by atoms with van der Waals surface area (Å²) in [6, 6.07) is 15.5. The number of H-pyrrole nitrogens is 1. The summed E-state index contributed by atoms with van der Waals surface area (Å²) in [4.78, 5) is 38.2. The Balaban J connectivity index is 1.16. The average molecular weight is 676 g/mol. The van der Waals surface area contributed by atoms with E-state index in [0.717, 1.165) is 67.6 Å². The molecule has 6 rings (SSSR count). The van der Waals surface area contributed by atoms with Gasteiger partial charge in [-0.2, -0.15) is 0 Å². The van der Waals surface area contributed by atoms with Crippen molar-refractivity contribution < 1.29 is 28.4 Å². The number of nitrogens with one attached hydrogen (secondary N) is 1. The van der Waals surface area contributed by atoms with Crippen LogP contribution < -0.4 is 25.5 Å². The van der Waals surface area contributed by atoms with Gasteiger partial charge in [-0.3, -0.25) is 24.7 Å². The fourth-order valence-electron chi connectivity index (χ4n) is 5.17. The lowest BCUT2D eigenvalue weighted by molar-refractivity contribution is 0.0357. The molecule has 1 saturated heterocycles. The van der Waals surface area contributed by atoms with Crippen LogP contribution in [0.2, 0.25) is 5.02 Å². The highest BCUT2D eigenvalue weighted by Crippen LogP contribution is 2.37. The molecule has 12 nitrogen and oxygen atoms in total. The van der Waals surface area contributed by atoms with Crippen molar-refractivity contribution in [2.75, 3.05) is 46.6 Å². The first kappa shape index (κ1) is 32.7. The Hall–Kier alpha value is -5.24. The average Bonchev–Trinajstić information content (AvgIpc) is 3.09. The molecule has 248 valence electrons. The molecule has 0 saturated carbocycles. The van der Waals surface area contributed by atoms with E-state index in [4.69, 9.17) is 30.5 Å². The minimum Gasteiger partial charge on any atom is -0.493 e. The van der Waals surface area contributed by atoms with Gasteiger partial charge in [-0.15, -0.1) is 0 Å². The first-order valence-corrected chi connectivity index (χ1v) is 15.4. The van der Waals surface area contributed by atoms with Crippen LogP contribution in [0.4, 0.5) is 10.1 Å². The second kappa shape index (κ2) is 14.7. The van der Waals surface area contributed by atoms with Crippen molar-refractivity contribution in [3.8, 4) is 34.6 Å². The molecule has 0 aliphatic carbocycles. The first-order valence-electron chi connectivity index (χ1n) is 15.1. The van der Waals surface area contributed by atoms with E-state index in [1.54, 1.807) is 43.6 Å². The Morgan fingerprint density at radius 3 is 2.60 bits per heavy atom. The predicted molar refractivity (Wildman–Crippen MR) is 179 cm³/mol. The fraction of sp³-hybridized carbons (Fsp3) is 0.235. The van der Waals surface area contributed by atoms with Gasteiger partial charge >= 0.3 is 5.69 Å². The van der Waals surface area contributed by atoms with Gasteiger partial charge in [0, 0.05) is 43.5 Å². The normalized spacial score (nSPS) is 13.6. The van der Waals surface area contributed by atoms with Crippen molar-refractivity contribution >= 4 is 34.4 Å². The molecule has 3 aromatic carbocycles. The number of fused-ring (bicyclic) bond motifs is 1. The van der Waals surface area contributed by atoms with E-state index in [2.05, 4.69) is 19.9 Å². The second-order valence-electron chi connectivity index (χ2n) is 10.8. The minimum absolute atomic E-state index is 0.0563. The second-order valence-corrected chi connectivity index (χ2v) is 11.2. The summed E-state index contributed by atoms with van der Waals surface area (Å²) in [5.41, 5.74) is -0.906. The van der Waals surface area contributed by atoms with E-state index >= 15 is 0 Å². The molecule has 0 radical (unpaired) electrons. The number of pyridine rings is 1. The zero-order chi connectivity index (χ0) is 33.6. The summed E-state index contributed by atoms with van der Waals surface area (Å²) in [5.74, 6) is 0.827. The van der Waals surface area contributed by atoms with Crippen LogP contribution in [0, 0.1) is 5.82 Å². The minimum atomic E-state index is -0.927. The maximum absolute atomic E-state index is 13.6. The number of methoxy groups -OCH3 is 1. The zero-order valence-corrected chi connectivity index (χ0v) is 26.6. The van der Waals surface area contributed by atoms with Gasteiger partial charge < -0.3 is 24.1 Å². The number of halogens is 2. The van der Waals surface area contributed by atoms with Gasteiger partial charge in [0.15, 0.2) is 11.5 Å². The molecule has 1 fully saturated rings. The van der Waals surface area contributed by atoms with Gasteiger partial charge in [0.05, 0.1) is 48.8 Å². The van der Waals surface area contributed by atoms with Crippen LogP contribution >= 0.6 is 11.6 Å². The molecule has 0 unspecified atom stereocenters. The van der Waals surface area contributed by atoms with Gasteiger partial charge in [-0.05, 0) is 61.0 Å². The highest BCUT2D eigenvalue weighted by Gasteiger charge is 2.16. The van der Waals surface area contributed by atoms with E-state index < -0.39 is 22.9 Å². The van der Waals surface area contributed by atoms with Crippen LogP contribution in [-0.2, 0) is 4.74 Å². The number of morpholine rings is 1. The Kier molecular flexibility index (Phi) is 9.99. The molecule has 2 aromatic heterocycles. The lowest BCUT2D eigenvalue weighted by atomic mass is 10.1. The van der Waals surface area contributed by atoms with E-state index in [0.29, 0.717) is 40.8 Å². The lowest BCUT2D eigenvalue weighted by Crippen LogP contribution is -2.37. The summed E-state index contributed by atoms with van der Waals surface area (Å²) in [5, 5.41) is 11.2. The fourth-order valence-corrected chi connectivity index (χ4v) is 5.34. The Bertz CT molecular complexity index is 2080. The standard InChI is InChI=1S/C34H31ClFN5O7/c1-45-30-18-24-28(19-31(30)47-14-2-11-40-12-15-46-16-13-40)37-10-9-29(24)48-23-6-3-21(4-7-23)38-20-25-32(42)39-34(44)41(33(25)43)22-5-8-27(36)26(35)17-22/h3-10,17-20,43H,2,11-16H2,1H3,(H,39,42,44). The third-order valence-corrected chi connectivity index (χ3v) is 7.95. The molecule has 3 heterocycles. The van der Waals surface area contributed by atoms with Gasteiger partial charge in [0.2, 0.25) is 5.88 Å².